The highest BCUT2D eigenvalue weighted by Crippen LogP contribution is 2.41. The molecule has 0 radical (unpaired) electrons. The summed E-state index contributed by atoms with van der Waals surface area (Å²) < 4.78 is 22.5. The molecular weight excluding hydrogens is 552 g/mol. The van der Waals surface area contributed by atoms with E-state index >= 15 is 0 Å². The molecule has 40 heavy (non-hydrogen) atoms. The fourth-order valence-corrected chi connectivity index (χ4v) is 7.91. The van der Waals surface area contributed by atoms with Crippen molar-refractivity contribution in [3.8, 4) is 11.7 Å². The molecule has 3 unspecified atom stereocenters. The molecule has 4 aromatic rings. The Morgan fingerprint density at radius 2 is 1.93 bits per heavy atom. The molecule has 4 aliphatic rings. The quantitative estimate of drug-likeness (QED) is 0.348. The van der Waals surface area contributed by atoms with Crippen LogP contribution in [0.25, 0.3) is 27.5 Å². The van der Waals surface area contributed by atoms with E-state index in [1.807, 2.05) is 30.3 Å². The number of nitrogens with zero attached hydrogens (tertiary/aromatic N) is 6. The normalized spacial score (nSPS) is 28.2. The largest absolute Gasteiger partial charge is 0.461 e. The van der Waals surface area contributed by atoms with E-state index in [2.05, 4.69) is 20.2 Å². The van der Waals surface area contributed by atoms with E-state index in [0.717, 1.165) is 72.9 Å². The van der Waals surface area contributed by atoms with Crippen LogP contribution in [0.15, 0.2) is 36.5 Å². The van der Waals surface area contributed by atoms with Crippen molar-refractivity contribution in [3.63, 3.8) is 0 Å². The van der Waals surface area contributed by atoms with E-state index in [0.29, 0.717) is 53.4 Å². The van der Waals surface area contributed by atoms with E-state index in [4.69, 9.17) is 37.9 Å². The molecule has 4 aliphatic heterocycles. The first-order valence-electron chi connectivity index (χ1n) is 14.1. The minimum absolute atomic E-state index is 0.276. The van der Waals surface area contributed by atoms with Gasteiger partial charge < -0.3 is 15.0 Å². The van der Waals surface area contributed by atoms with Crippen LogP contribution >= 0.6 is 23.2 Å². The van der Waals surface area contributed by atoms with Crippen molar-refractivity contribution in [2.24, 2.45) is 0 Å². The molecule has 0 aliphatic carbocycles. The number of para-hydroxylation sites is 1. The molecule has 11 heteroatoms. The summed E-state index contributed by atoms with van der Waals surface area (Å²) >= 11 is 13.5. The Bertz CT molecular complexity index is 1620. The second-order valence-electron chi connectivity index (χ2n) is 11.8. The molecule has 208 valence electrons. The molecule has 2 aromatic carbocycles. The smallest absolute Gasteiger partial charge is 0.319 e. The van der Waals surface area contributed by atoms with Crippen molar-refractivity contribution in [1.82, 2.24) is 30.0 Å². The molecule has 0 spiro atoms. The predicted octanol–water partition coefficient (Wildman–Crippen LogP) is 5.17. The Hall–Kier alpha value is -2.72. The zero-order valence-corrected chi connectivity index (χ0v) is 23.5. The van der Waals surface area contributed by atoms with Crippen molar-refractivity contribution in [3.05, 3.63) is 46.6 Å². The summed E-state index contributed by atoms with van der Waals surface area (Å²) in [5.41, 5.74) is 1.92. The fraction of sp³-hybridized carbons (Fsp3) is 0.483. The maximum absolute atomic E-state index is 14.4. The van der Waals surface area contributed by atoms with Crippen LogP contribution in [0.4, 0.5) is 10.2 Å². The Kier molecular flexibility index (Phi) is 5.89. The summed E-state index contributed by atoms with van der Waals surface area (Å²) in [5.74, 6) is 0.825. The first-order chi connectivity index (χ1) is 19.5. The van der Waals surface area contributed by atoms with Gasteiger partial charge in [-0.2, -0.15) is 15.1 Å². The van der Waals surface area contributed by atoms with Gasteiger partial charge in [0.2, 0.25) is 0 Å². The number of ether oxygens (including phenoxy) is 1. The highest BCUT2D eigenvalue weighted by atomic mass is 35.5. The second-order valence-corrected chi connectivity index (χ2v) is 12.6. The number of fused-ring (bicyclic) bond motifs is 5. The van der Waals surface area contributed by atoms with E-state index in [9.17, 15) is 4.39 Å². The molecule has 2 bridgehead atoms. The maximum Gasteiger partial charge on any atom is 0.319 e. The molecule has 4 atom stereocenters. The lowest BCUT2D eigenvalue weighted by atomic mass is 9.95. The predicted molar refractivity (Wildman–Crippen MR) is 155 cm³/mol. The Morgan fingerprint density at radius 3 is 2.77 bits per heavy atom. The summed E-state index contributed by atoms with van der Waals surface area (Å²) in [7, 11) is 0. The summed E-state index contributed by atoms with van der Waals surface area (Å²) in [6, 6.07) is 10.8. The lowest BCUT2D eigenvalue weighted by Crippen LogP contribution is -2.51. The van der Waals surface area contributed by atoms with E-state index in [1.165, 1.54) is 0 Å². The minimum atomic E-state index is -0.811. The van der Waals surface area contributed by atoms with Crippen LogP contribution in [0, 0.1) is 0 Å². The topological polar surface area (TPSA) is 71.3 Å². The van der Waals surface area contributed by atoms with Gasteiger partial charge in [0, 0.05) is 48.9 Å². The number of aromatic nitrogens is 4. The summed E-state index contributed by atoms with van der Waals surface area (Å²) in [6.45, 7) is 3.51. The van der Waals surface area contributed by atoms with Crippen LogP contribution in [0.3, 0.4) is 0 Å². The number of halogens is 3. The number of nitrogens with one attached hydrogen (secondary N) is 1. The highest BCUT2D eigenvalue weighted by molar-refractivity contribution is 6.35. The van der Waals surface area contributed by atoms with E-state index < -0.39 is 6.17 Å². The first kappa shape index (κ1) is 25.0. The third-order valence-electron chi connectivity index (χ3n) is 9.24. The first-order valence-corrected chi connectivity index (χ1v) is 14.9. The number of anilines is 1. The zero-order chi connectivity index (χ0) is 27.0. The molecule has 6 heterocycles. The van der Waals surface area contributed by atoms with Crippen molar-refractivity contribution in [2.45, 2.75) is 55.9 Å². The van der Waals surface area contributed by atoms with Gasteiger partial charge in [-0.3, -0.25) is 4.90 Å². The van der Waals surface area contributed by atoms with Crippen LogP contribution in [0.5, 0.6) is 6.01 Å². The van der Waals surface area contributed by atoms with E-state index in [1.54, 1.807) is 10.9 Å². The van der Waals surface area contributed by atoms with Gasteiger partial charge in [0.15, 0.2) is 0 Å². The number of hydrogen-bond donors (Lipinski definition) is 1. The van der Waals surface area contributed by atoms with Crippen LogP contribution in [-0.4, -0.2) is 81.2 Å². The number of alkyl halides is 1. The van der Waals surface area contributed by atoms with E-state index in [-0.39, 0.29) is 5.54 Å². The SMILES string of the molecule is FC1CN2CCC[C@@]2(COc2nc(N3CC4CCC(C3)N4)c3cc(Cl)c(-n4ncc5cccc(Cl)c54)cc3n2)C1. The van der Waals surface area contributed by atoms with Crippen molar-refractivity contribution in [1.29, 1.82) is 0 Å². The van der Waals surface area contributed by atoms with Gasteiger partial charge in [-0.15, -0.1) is 0 Å². The molecule has 0 amide bonds. The van der Waals surface area contributed by atoms with Gasteiger partial charge in [0.1, 0.15) is 18.6 Å². The van der Waals surface area contributed by atoms with Crippen LogP contribution in [-0.2, 0) is 0 Å². The fourth-order valence-electron chi connectivity index (χ4n) is 7.41. The van der Waals surface area contributed by atoms with Crippen LogP contribution in [0.1, 0.15) is 32.1 Å². The Morgan fingerprint density at radius 1 is 1.07 bits per heavy atom. The molecule has 8 rings (SSSR count). The highest BCUT2D eigenvalue weighted by Gasteiger charge is 2.49. The van der Waals surface area contributed by atoms with Gasteiger partial charge in [-0.1, -0.05) is 35.3 Å². The third-order valence-corrected chi connectivity index (χ3v) is 9.85. The van der Waals surface area contributed by atoms with Gasteiger partial charge in [0.05, 0.1) is 38.5 Å². The second kappa shape index (κ2) is 9.41. The molecule has 1 N–H and O–H groups in total. The Balaban J connectivity index is 1.23. The molecule has 0 saturated carbocycles. The zero-order valence-electron chi connectivity index (χ0n) is 22.0. The summed E-state index contributed by atoms with van der Waals surface area (Å²) in [6.07, 6.45) is 5.79. The van der Waals surface area contributed by atoms with Crippen LogP contribution in [0.2, 0.25) is 10.0 Å². The van der Waals surface area contributed by atoms with Crippen LogP contribution < -0.4 is 15.0 Å². The van der Waals surface area contributed by atoms with Gasteiger partial charge >= 0.3 is 6.01 Å². The molecular formula is C29H30Cl2FN7O. The molecule has 2 aromatic heterocycles. The van der Waals surface area contributed by atoms with Crippen molar-refractivity contribution >= 4 is 50.8 Å². The minimum Gasteiger partial charge on any atom is -0.461 e. The van der Waals surface area contributed by atoms with Crippen molar-refractivity contribution in [2.75, 3.05) is 37.7 Å². The Labute approximate surface area is 241 Å². The number of piperazine rings is 1. The lowest BCUT2D eigenvalue weighted by Gasteiger charge is -2.34. The maximum atomic E-state index is 14.4. The number of hydrogen-bond acceptors (Lipinski definition) is 7. The van der Waals surface area contributed by atoms with Gasteiger partial charge in [-0.05, 0) is 50.4 Å². The monoisotopic (exact) mass is 581 g/mol. The molecule has 8 nitrogen and oxygen atoms in total. The molecule has 4 fully saturated rings. The lowest BCUT2D eigenvalue weighted by molar-refractivity contribution is 0.107. The summed E-state index contributed by atoms with van der Waals surface area (Å²) in [4.78, 5) is 14.4. The van der Waals surface area contributed by atoms with Crippen molar-refractivity contribution < 1.29 is 9.13 Å². The summed E-state index contributed by atoms with van der Waals surface area (Å²) in [5, 5.41) is 11.2. The van der Waals surface area contributed by atoms with Gasteiger partial charge in [0.25, 0.3) is 0 Å². The average molecular weight is 583 g/mol. The standard InChI is InChI=1S/C29H30Cl2FN7O/c30-22-4-1-3-17-12-33-39(26(17)22)25-10-24-21(9-23(25)31)27(37-14-19-5-6-20(15-37)34-19)36-28(35-24)40-16-29-7-2-8-38(29)13-18(32)11-29/h1,3-4,9-10,12,18-20,34H,2,5-8,11,13-16H2/t18?,19?,20?,29-/m0/s1. The number of benzene rings is 2. The average Bonchev–Trinajstić information content (AvgIpc) is 3.69. The van der Waals surface area contributed by atoms with Gasteiger partial charge in [-0.25, -0.2) is 9.07 Å². The number of rotatable bonds is 5. The molecule has 4 saturated heterocycles. The third kappa shape index (κ3) is 4.04.